The summed E-state index contributed by atoms with van der Waals surface area (Å²) in [5.41, 5.74) is -0.806. The minimum Gasteiger partial charge on any atom is -0.479 e. The van der Waals surface area contributed by atoms with Crippen LogP contribution in [0.15, 0.2) is 23.8 Å². The molecule has 0 aromatic rings. The molecule has 4 rings (SSSR count). The van der Waals surface area contributed by atoms with Crippen LogP contribution in [0.4, 0.5) is 0 Å². The van der Waals surface area contributed by atoms with E-state index in [-0.39, 0.29) is 31.7 Å². The van der Waals surface area contributed by atoms with Gasteiger partial charge in [-0.25, -0.2) is 4.79 Å². The van der Waals surface area contributed by atoms with E-state index in [2.05, 4.69) is 0 Å². The lowest BCUT2D eigenvalue weighted by atomic mass is 9.79. The van der Waals surface area contributed by atoms with Gasteiger partial charge in [-0.3, -0.25) is 9.59 Å². The number of rotatable bonds is 14. The molecule has 0 aliphatic carbocycles. The zero-order valence-electron chi connectivity index (χ0n) is 43.1. The molecule has 0 bridgehead atoms. The Morgan fingerprint density at radius 3 is 2.06 bits per heavy atom. The molecule has 0 radical (unpaired) electrons. The summed E-state index contributed by atoms with van der Waals surface area (Å²) < 4.78 is 54.7. The van der Waals surface area contributed by atoms with Gasteiger partial charge in [-0.2, -0.15) is 0 Å². The van der Waals surface area contributed by atoms with Crippen LogP contribution < -0.4 is 0 Å². The van der Waals surface area contributed by atoms with Gasteiger partial charge in [0.2, 0.25) is 0 Å². The van der Waals surface area contributed by atoms with Crippen molar-refractivity contribution in [3.63, 3.8) is 0 Å². The van der Waals surface area contributed by atoms with E-state index < -0.39 is 152 Å². The van der Waals surface area contributed by atoms with Crippen LogP contribution in [-0.2, 0) is 61.8 Å². The van der Waals surface area contributed by atoms with Gasteiger partial charge in [0.25, 0.3) is 0 Å². The number of methoxy groups -OCH3 is 2. The fourth-order valence-electron chi connectivity index (χ4n) is 9.51. The third kappa shape index (κ3) is 16.6. The fourth-order valence-corrected chi connectivity index (χ4v) is 9.51. The molecule has 21 heteroatoms. The number of carbonyl (C=O) groups excluding carboxylic acids is 3. The standard InChI is InChI=1S/C46H77NO17.C3H6O3/c1-13-33-30(22-58-45-42(57-12)41(56-11)37(52)26(5)60-45)18-23(2)14-15-31(49)24(3)19-29(16-17-48)39(25(4)32(50)20-34(51)62-33)64-44-38(53)36(47(9)10)40(27(6)61-44)63-35-21-46(8,55)43(54)28(7)59-35;1-2(4)3(5)6/h14-15,17-18,24-30,32-33,35-45,50,52-55H,13,16,19-22H2,1-12H3;2,4H,1H3,(H,5,6)/b15-14+,23-18+;/t24-,25+,26-,27-,28+,29?,30-,32-,33-,35+,36-,37-,38-,39-,40-,41-,42-,43+,44+,45-,46-;/m1./s1. The Balaban J connectivity index is 0.00000202. The molecule has 70 heavy (non-hydrogen) atoms. The monoisotopic (exact) mass is 1010 g/mol. The quantitative estimate of drug-likeness (QED) is 0.0953. The molecule has 4 aliphatic rings. The average molecular weight is 1010 g/mol. The van der Waals surface area contributed by atoms with E-state index >= 15 is 0 Å². The van der Waals surface area contributed by atoms with Crippen LogP contribution in [0.25, 0.3) is 0 Å². The van der Waals surface area contributed by atoms with Gasteiger partial charge < -0.3 is 88.1 Å². The highest BCUT2D eigenvalue weighted by Gasteiger charge is 2.52. The minimum atomic E-state index is -1.49. The Kier molecular flexibility index (Phi) is 24.6. The van der Waals surface area contributed by atoms with Gasteiger partial charge in [-0.15, -0.1) is 0 Å². The largest absolute Gasteiger partial charge is 0.479 e. The lowest BCUT2D eigenvalue weighted by Gasteiger charge is -2.50. The van der Waals surface area contributed by atoms with Gasteiger partial charge in [0, 0.05) is 44.8 Å². The van der Waals surface area contributed by atoms with Crippen molar-refractivity contribution in [2.45, 2.75) is 204 Å². The number of esters is 1. The summed E-state index contributed by atoms with van der Waals surface area (Å²) in [7, 11) is 6.43. The molecule has 3 fully saturated rings. The Bertz CT molecular complexity index is 1710. The molecular formula is C49H83NO20. The van der Waals surface area contributed by atoms with E-state index in [0.717, 1.165) is 6.29 Å². The number of aliphatic hydroxyl groups excluding tert-OH is 5. The van der Waals surface area contributed by atoms with Crippen molar-refractivity contribution in [2.75, 3.05) is 34.9 Å². The molecule has 21 nitrogen and oxygen atoms in total. The number of hydrogen-bond donors (Lipinski definition) is 7. The number of nitrogens with zero attached hydrogens (tertiary/aromatic N) is 1. The molecule has 22 atom stereocenters. The number of aliphatic carboxylic acids is 1. The van der Waals surface area contributed by atoms with Crippen LogP contribution in [-0.4, -0.2) is 209 Å². The van der Waals surface area contributed by atoms with Gasteiger partial charge in [0.1, 0.15) is 55.1 Å². The predicted octanol–water partition coefficient (Wildman–Crippen LogP) is 1.29. The summed E-state index contributed by atoms with van der Waals surface area (Å²) >= 11 is 0. The van der Waals surface area contributed by atoms with E-state index in [0.29, 0.717) is 12.0 Å². The van der Waals surface area contributed by atoms with Crippen LogP contribution in [0.3, 0.4) is 0 Å². The number of aliphatic hydroxyl groups is 6. The topological polar surface area (TPSA) is 296 Å². The first-order valence-corrected chi connectivity index (χ1v) is 24.2. The number of allylic oxidation sites excluding steroid dienone is 3. The fraction of sp³-hybridized carbons (Fsp3) is 0.837. The minimum absolute atomic E-state index is 0.00788. The molecule has 0 aromatic carbocycles. The Hall–Kier alpha value is -2.84. The summed E-state index contributed by atoms with van der Waals surface area (Å²) in [6.07, 6.45) is -9.72. The first-order valence-electron chi connectivity index (χ1n) is 24.2. The number of ether oxygens (including phenoxy) is 9. The second-order valence-electron chi connectivity index (χ2n) is 19.8. The van der Waals surface area contributed by atoms with Crippen LogP contribution in [0, 0.1) is 23.7 Å². The normalized spacial score (nSPS) is 43.2. The van der Waals surface area contributed by atoms with Crippen LogP contribution in [0.2, 0.25) is 0 Å². The molecule has 2 unspecified atom stereocenters. The average Bonchev–Trinajstić information content (AvgIpc) is 3.28. The van der Waals surface area contributed by atoms with Crippen molar-refractivity contribution in [3.8, 4) is 0 Å². The molecule has 7 N–H and O–H groups in total. The first kappa shape index (κ1) is 61.5. The molecule has 0 saturated carbocycles. The highest BCUT2D eigenvalue weighted by Crippen LogP contribution is 2.37. The Morgan fingerprint density at radius 2 is 1.51 bits per heavy atom. The van der Waals surface area contributed by atoms with Crippen molar-refractivity contribution in [2.24, 2.45) is 23.7 Å². The van der Waals surface area contributed by atoms with Crippen molar-refractivity contribution >= 4 is 24.0 Å². The van der Waals surface area contributed by atoms with Gasteiger partial charge in [0.05, 0.1) is 55.2 Å². The number of aldehydes is 1. The second-order valence-corrected chi connectivity index (χ2v) is 19.8. The summed E-state index contributed by atoms with van der Waals surface area (Å²) in [5, 5.41) is 71.5. The Labute approximate surface area is 412 Å². The number of carbonyl (C=O) groups is 4. The summed E-state index contributed by atoms with van der Waals surface area (Å²) in [6.45, 7) is 14.8. The smallest absolute Gasteiger partial charge is 0.332 e. The van der Waals surface area contributed by atoms with Gasteiger partial charge >= 0.3 is 11.9 Å². The van der Waals surface area contributed by atoms with Crippen molar-refractivity contribution in [1.29, 1.82) is 0 Å². The van der Waals surface area contributed by atoms with E-state index in [9.17, 15) is 44.7 Å². The van der Waals surface area contributed by atoms with Gasteiger partial charge in [-0.1, -0.05) is 38.5 Å². The molecule has 0 amide bonds. The van der Waals surface area contributed by atoms with E-state index in [1.54, 1.807) is 59.7 Å². The third-order valence-electron chi connectivity index (χ3n) is 13.8. The summed E-state index contributed by atoms with van der Waals surface area (Å²) in [4.78, 5) is 51.0. The first-order chi connectivity index (χ1) is 32.7. The zero-order chi connectivity index (χ0) is 52.9. The molecule has 4 heterocycles. The van der Waals surface area contributed by atoms with Crippen LogP contribution in [0.1, 0.15) is 94.4 Å². The van der Waals surface area contributed by atoms with Crippen molar-refractivity contribution in [3.05, 3.63) is 23.8 Å². The second kappa shape index (κ2) is 28.0. The van der Waals surface area contributed by atoms with Crippen molar-refractivity contribution < 1.29 is 97.6 Å². The number of ketones is 1. The van der Waals surface area contributed by atoms with E-state index in [1.165, 1.54) is 34.1 Å². The number of cyclic esters (lactones) is 1. The molecule has 404 valence electrons. The van der Waals surface area contributed by atoms with Crippen LogP contribution >= 0.6 is 0 Å². The highest BCUT2D eigenvalue weighted by molar-refractivity contribution is 5.91. The van der Waals surface area contributed by atoms with Crippen LogP contribution in [0.5, 0.6) is 0 Å². The summed E-state index contributed by atoms with van der Waals surface area (Å²) in [6, 6.07) is -0.748. The number of likely N-dealkylation sites (N-methyl/N-ethyl adjacent to an activating group) is 1. The predicted molar refractivity (Wildman–Crippen MR) is 250 cm³/mol. The molecule has 3 saturated heterocycles. The van der Waals surface area contributed by atoms with Gasteiger partial charge in [0.15, 0.2) is 24.7 Å². The van der Waals surface area contributed by atoms with Gasteiger partial charge in [-0.05, 0) is 80.5 Å². The maximum atomic E-state index is 13.8. The Morgan fingerprint density at radius 1 is 0.900 bits per heavy atom. The molecule has 0 aromatic heterocycles. The maximum Gasteiger partial charge on any atom is 0.332 e. The lowest BCUT2D eigenvalue weighted by molar-refractivity contribution is -0.341. The number of carboxylic acid groups (broad SMARTS) is 1. The number of carboxylic acids is 1. The van der Waals surface area contributed by atoms with Crippen molar-refractivity contribution in [1.82, 2.24) is 4.90 Å². The highest BCUT2D eigenvalue weighted by atomic mass is 16.7. The summed E-state index contributed by atoms with van der Waals surface area (Å²) in [5.74, 6) is -4.77. The lowest BCUT2D eigenvalue weighted by Crippen LogP contribution is -2.65. The maximum absolute atomic E-state index is 13.8. The zero-order valence-corrected chi connectivity index (χ0v) is 43.1. The molecule has 4 aliphatic heterocycles. The SMILES string of the molecule is CC(O)C(=O)O.CC[C@H]1OC(=O)C[C@@H](O)[C@H](C)[C@@H](O[C@@H]2O[C@H](C)[C@@H](O[C@H]3C[C@@](C)(O)[C@@H](O)[C@H](C)O3)[C@H](N(C)C)[C@H]2O)C(CC=O)C[C@@H](C)C(=O)/C=C/C(C)=C/[C@@H]1CO[C@@H]1O[C@H](C)[C@@H](O)[C@@H](OC)[C@H]1OC. The van der Waals surface area contributed by atoms with E-state index in [1.807, 2.05) is 19.9 Å². The van der Waals surface area contributed by atoms with E-state index in [4.69, 9.17) is 52.8 Å². The molecule has 0 spiro atoms. The third-order valence-corrected chi connectivity index (χ3v) is 13.8. The number of hydrogen-bond acceptors (Lipinski definition) is 20. The molecular weight excluding hydrogens is 923 g/mol.